The van der Waals surface area contributed by atoms with Gasteiger partial charge >= 0.3 is 6.18 Å². The van der Waals surface area contributed by atoms with E-state index in [1.807, 2.05) is 31.2 Å². The van der Waals surface area contributed by atoms with Gasteiger partial charge in [0.15, 0.2) is 15.9 Å². The van der Waals surface area contributed by atoms with Crippen molar-refractivity contribution >= 4 is 15.7 Å². The highest BCUT2D eigenvalue weighted by atomic mass is 32.2. The second-order valence-electron chi connectivity index (χ2n) is 8.23. The van der Waals surface area contributed by atoms with E-state index >= 15 is 0 Å². The molecule has 0 saturated heterocycles. The molecule has 1 aliphatic rings. The number of nitrogens with zero attached hydrogens (tertiary/aromatic N) is 3. The Morgan fingerprint density at radius 3 is 2.47 bits per heavy atom. The lowest BCUT2D eigenvalue weighted by Crippen LogP contribution is -2.33. The van der Waals surface area contributed by atoms with Crippen molar-refractivity contribution < 1.29 is 31.1 Å². The Labute approximate surface area is 194 Å². The molecule has 180 valence electrons. The largest absolute Gasteiger partial charge is 0.480 e. The van der Waals surface area contributed by atoms with Crippen LogP contribution in [-0.2, 0) is 22.9 Å². The predicted octanol–water partition coefficient (Wildman–Crippen LogP) is 4.07. The van der Waals surface area contributed by atoms with Crippen LogP contribution in [0.25, 0.3) is 5.69 Å². The SMILES string of the molecule is Cc1ccccc1-n1cc2c(n1)CN(C(=O)c1cc(S(C)(=O)=O)ccc1O[C@@H](C)C(F)(F)F)C2. The fourth-order valence-electron chi connectivity index (χ4n) is 3.68. The molecule has 0 bridgehead atoms. The third-order valence-electron chi connectivity index (χ3n) is 5.60. The summed E-state index contributed by atoms with van der Waals surface area (Å²) in [5, 5.41) is 4.55. The van der Waals surface area contributed by atoms with Gasteiger partial charge in [-0.05, 0) is 43.7 Å². The number of fused-ring (bicyclic) bond motifs is 1. The first-order valence-corrected chi connectivity index (χ1v) is 12.2. The number of carbonyl (C=O) groups excluding carboxylic acids is 1. The maximum Gasteiger partial charge on any atom is 0.425 e. The zero-order valence-electron chi connectivity index (χ0n) is 18.6. The van der Waals surface area contributed by atoms with Gasteiger partial charge in [0.2, 0.25) is 0 Å². The molecule has 0 spiro atoms. The summed E-state index contributed by atoms with van der Waals surface area (Å²) >= 11 is 0. The smallest absolute Gasteiger partial charge is 0.425 e. The van der Waals surface area contributed by atoms with Crippen molar-refractivity contribution in [3.05, 3.63) is 71.0 Å². The molecule has 7 nitrogen and oxygen atoms in total. The van der Waals surface area contributed by atoms with Crippen LogP contribution < -0.4 is 4.74 Å². The molecule has 0 fully saturated rings. The van der Waals surface area contributed by atoms with E-state index < -0.39 is 28.0 Å². The topological polar surface area (TPSA) is 81.5 Å². The number of rotatable bonds is 5. The van der Waals surface area contributed by atoms with Crippen LogP contribution in [0.15, 0.2) is 53.6 Å². The third kappa shape index (κ3) is 4.65. The van der Waals surface area contributed by atoms with Gasteiger partial charge < -0.3 is 9.64 Å². The van der Waals surface area contributed by atoms with Gasteiger partial charge in [0, 0.05) is 24.6 Å². The van der Waals surface area contributed by atoms with Crippen LogP contribution in [0, 0.1) is 6.92 Å². The van der Waals surface area contributed by atoms with E-state index in [-0.39, 0.29) is 29.3 Å². The quantitative estimate of drug-likeness (QED) is 0.535. The van der Waals surface area contributed by atoms with Crippen LogP contribution in [0.1, 0.15) is 34.1 Å². The van der Waals surface area contributed by atoms with E-state index in [2.05, 4.69) is 5.10 Å². The van der Waals surface area contributed by atoms with Gasteiger partial charge in [-0.15, -0.1) is 0 Å². The Morgan fingerprint density at radius 1 is 1.15 bits per heavy atom. The molecule has 1 aliphatic heterocycles. The Kier molecular flexibility index (Phi) is 5.92. The summed E-state index contributed by atoms with van der Waals surface area (Å²) in [6.45, 7) is 3.08. The summed E-state index contributed by atoms with van der Waals surface area (Å²) in [6.07, 6.45) is -4.08. The molecule has 0 unspecified atom stereocenters. The number of alkyl halides is 3. The number of halogens is 3. The lowest BCUT2D eigenvalue weighted by atomic mass is 10.1. The molecule has 1 aromatic heterocycles. The van der Waals surface area contributed by atoms with Gasteiger partial charge in [-0.25, -0.2) is 13.1 Å². The van der Waals surface area contributed by atoms with E-state index in [4.69, 9.17) is 4.74 Å². The minimum atomic E-state index is -4.65. The molecule has 3 aromatic rings. The molecule has 0 saturated carbocycles. The van der Waals surface area contributed by atoms with E-state index in [0.717, 1.165) is 48.2 Å². The molecule has 34 heavy (non-hydrogen) atoms. The fraction of sp³-hybridized carbons (Fsp3) is 0.304. The van der Waals surface area contributed by atoms with Crippen molar-refractivity contribution in [2.45, 2.75) is 44.1 Å². The summed E-state index contributed by atoms with van der Waals surface area (Å²) in [4.78, 5) is 14.5. The molecule has 0 radical (unpaired) electrons. The number of sulfone groups is 1. The van der Waals surface area contributed by atoms with Gasteiger partial charge in [-0.1, -0.05) is 18.2 Å². The number of carbonyl (C=O) groups is 1. The Balaban J connectivity index is 1.63. The summed E-state index contributed by atoms with van der Waals surface area (Å²) in [7, 11) is -3.70. The number of hydrogen-bond donors (Lipinski definition) is 0. The first kappa shape index (κ1) is 23.8. The van der Waals surface area contributed by atoms with Gasteiger partial charge in [-0.2, -0.15) is 18.3 Å². The Bertz CT molecular complexity index is 1340. The summed E-state index contributed by atoms with van der Waals surface area (Å²) in [5.41, 5.74) is 3.11. The molecule has 2 aromatic carbocycles. The second kappa shape index (κ2) is 8.46. The van der Waals surface area contributed by atoms with Gasteiger partial charge in [0.1, 0.15) is 5.75 Å². The fourth-order valence-corrected chi connectivity index (χ4v) is 4.32. The van der Waals surface area contributed by atoms with Crippen LogP contribution in [0.4, 0.5) is 13.2 Å². The molecule has 2 heterocycles. The molecule has 4 rings (SSSR count). The minimum Gasteiger partial charge on any atom is -0.480 e. The summed E-state index contributed by atoms with van der Waals surface area (Å²) in [6, 6.07) is 10.9. The number of amides is 1. The Morgan fingerprint density at radius 2 is 1.85 bits per heavy atom. The number of ether oxygens (including phenoxy) is 1. The van der Waals surface area contributed by atoms with Crippen molar-refractivity contribution in [1.29, 1.82) is 0 Å². The maximum absolute atomic E-state index is 13.3. The average Bonchev–Trinajstić information content (AvgIpc) is 3.31. The van der Waals surface area contributed by atoms with Crippen molar-refractivity contribution in [2.24, 2.45) is 0 Å². The molecule has 1 amide bonds. The van der Waals surface area contributed by atoms with Crippen molar-refractivity contribution in [3.63, 3.8) is 0 Å². The first-order valence-electron chi connectivity index (χ1n) is 10.3. The van der Waals surface area contributed by atoms with E-state index in [1.54, 1.807) is 10.9 Å². The molecular formula is C23H22F3N3O4S. The third-order valence-corrected chi connectivity index (χ3v) is 6.71. The molecule has 0 aliphatic carbocycles. The number of aryl methyl sites for hydroxylation is 1. The lowest BCUT2D eigenvalue weighted by molar-refractivity contribution is -0.189. The zero-order chi connectivity index (χ0) is 24.8. The Hall–Kier alpha value is -3.34. The van der Waals surface area contributed by atoms with Crippen LogP contribution in [-0.4, -0.2) is 47.5 Å². The van der Waals surface area contributed by atoms with Gasteiger partial charge in [-0.3, -0.25) is 4.79 Å². The standard InChI is InChI=1S/C23H22F3N3O4S/c1-14-6-4-5-7-20(14)29-12-16-11-28(13-19(16)27-29)22(30)18-10-17(34(3,31)32)8-9-21(18)33-15(2)23(24,25)26/h4-10,12,15H,11,13H2,1-3H3/t15-/m0/s1. The molecule has 11 heteroatoms. The van der Waals surface area contributed by atoms with E-state index in [0.29, 0.717) is 5.69 Å². The normalized spacial score (nSPS) is 14.7. The van der Waals surface area contributed by atoms with E-state index in [1.165, 1.54) is 4.90 Å². The highest BCUT2D eigenvalue weighted by Gasteiger charge is 2.39. The van der Waals surface area contributed by atoms with Crippen molar-refractivity contribution in [3.8, 4) is 11.4 Å². The van der Waals surface area contributed by atoms with Crippen LogP contribution in [0.3, 0.4) is 0 Å². The van der Waals surface area contributed by atoms with Crippen molar-refractivity contribution in [1.82, 2.24) is 14.7 Å². The summed E-state index contributed by atoms with van der Waals surface area (Å²) < 4.78 is 69.9. The second-order valence-corrected chi connectivity index (χ2v) is 10.2. The summed E-state index contributed by atoms with van der Waals surface area (Å²) in [5.74, 6) is -0.980. The number of hydrogen-bond acceptors (Lipinski definition) is 5. The van der Waals surface area contributed by atoms with E-state index in [9.17, 15) is 26.4 Å². The number of para-hydroxylation sites is 1. The number of benzene rings is 2. The first-order chi connectivity index (χ1) is 15.8. The highest BCUT2D eigenvalue weighted by molar-refractivity contribution is 7.90. The van der Waals surface area contributed by atoms with Crippen LogP contribution in [0.5, 0.6) is 5.75 Å². The maximum atomic E-state index is 13.3. The van der Waals surface area contributed by atoms with Gasteiger partial charge in [0.25, 0.3) is 5.91 Å². The van der Waals surface area contributed by atoms with Crippen LogP contribution >= 0.6 is 0 Å². The molecule has 0 N–H and O–H groups in total. The lowest BCUT2D eigenvalue weighted by Gasteiger charge is -2.22. The highest BCUT2D eigenvalue weighted by Crippen LogP contribution is 2.32. The number of aromatic nitrogens is 2. The van der Waals surface area contributed by atoms with Gasteiger partial charge in [0.05, 0.1) is 28.4 Å². The molecular weight excluding hydrogens is 471 g/mol. The minimum absolute atomic E-state index is 0.129. The predicted molar refractivity (Wildman–Crippen MR) is 118 cm³/mol. The average molecular weight is 494 g/mol. The van der Waals surface area contributed by atoms with Crippen LogP contribution in [0.2, 0.25) is 0 Å². The zero-order valence-corrected chi connectivity index (χ0v) is 19.4. The molecule has 1 atom stereocenters. The monoisotopic (exact) mass is 493 g/mol. The van der Waals surface area contributed by atoms with Crippen molar-refractivity contribution in [2.75, 3.05) is 6.26 Å².